The van der Waals surface area contributed by atoms with E-state index < -0.39 is 0 Å². The van der Waals surface area contributed by atoms with Crippen LogP contribution in [0, 0.1) is 0 Å². The molecule has 1 unspecified atom stereocenters. The number of anilines is 2. The lowest BCUT2D eigenvalue weighted by molar-refractivity contribution is -0.117. The van der Waals surface area contributed by atoms with E-state index in [4.69, 9.17) is 4.98 Å². The predicted octanol–water partition coefficient (Wildman–Crippen LogP) is 4.80. The van der Waals surface area contributed by atoms with E-state index in [1.54, 1.807) is 27.7 Å². The molecule has 0 bridgehead atoms. The topological polar surface area (TPSA) is 84.3 Å². The van der Waals surface area contributed by atoms with Crippen molar-refractivity contribution in [3.05, 3.63) is 88.7 Å². The van der Waals surface area contributed by atoms with Crippen molar-refractivity contribution in [2.75, 3.05) is 16.0 Å². The Labute approximate surface area is 213 Å². The second-order valence-corrected chi connectivity index (χ2v) is 9.69. The second-order valence-electron chi connectivity index (χ2n) is 8.74. The second kappa shape index (κ2) is 9.99. The van der Waals surface area contributed by atoms with Crippen LogP contribution in [-0.4, -0.2) is 33.2 Å². The summed E-state index contributed by atoms with van der Waals surface area (Å²) < 4.78 is 1.57. The van der Waals surface area contributed by atoms with Gasteiger partial charge in [0.25, 0.3) is 5.56 Å². The van der Waals surface area contributed by atoms with E-state index in [1.165, 1.54) is 17.3 Å². The zero-order valence-electron chi connectivity index (χ0n) is 20.1. The quantitative estimate of drug-likeness (QED) is 0.316. The van der Waals surface area contributed by atoms with Gasteiger partial charge >= 0.3 is 0 Å². The fourth-order valence-corrected chi connectivity index (χ4v) is 5.35. The third kappa shape index (κ3) is 4.52. The molecular weight excluding hydrogens is 472 g/mol. The fourth-order valence-electron chi connectivity index (χ4n) is 4.48. The number of benzene rings is 3. The summed E-state index contributed by atoms with van der Waals surface area (Å²) in [4.78, 5) is 45.8. The summed E-state index contributed by atoms with van der Waals surface area (Å²) in [6.45, 7) is 3.94. The highest BCUT2D eigenvalue weighted by Gasteiger charge is 2.29. The van der Waals surface area contributed by atoms with Gasteiger partial charge in [-0.2, -0.15) is 0 Å². The molecular formula is C28H26N4O3S. The number of para-hydroxylation sites is 3. The van der Waals surface area contributed by atoms with Crippen molar-refractivity contribution < 1.29 is 9.59 Å². The maximum absolute atomic E-state index is 13.5. The normalized spacial score (nSPS) is 15.3. The highest BCUT2D eigenvalue weighted by molar-refractivity contribution is 7.99. The van der Waals surface area contributed by atoms with Gasteiger partial charge in [-0.1, -0.05) is 55.1 Å². The maximum Gasteiger partial charge on any atom is 0.266 e. The number of fused-ring (bicyclic) bond motifs is 2. The number of nitrogens with zero attached hydrogens (tertiary/aromatic N) is 3. The van der Waals surface area contributed by atoms with Crippen LogP contribution in [0.5, 0.6) is 0 Å². The van der Waals surface area contributed by atoms with Crippen LogP contribution in [0.1, 0.15) is 25.8 Å². The van der Waals surface area contributed by atoms with Gasteiger partial charge in [-0.05, 0) is 55.3 Å². The Morgan fingerprint density at radius 1 is 1.03 bits per heavy atom. The summed E-state index contributed by atoms with van der Waals surface area (Å²) in [6, 6.07) is 22.0. The van der Waals surface area contributed by atoms with Crippen LogP contribution in [0.15, 0.2) is 82.7 Å². The van der Waals surface area contributed by atoms with E-state index in [0.717, 1.165) is 6.42 Å². The van der Waals surface area contributed by atoms with Crippen molar-refractivity contribution in [1.29, 1.82) is 0 Å². The Balaban J connectivity index is 1.52. The number of nitrogens with one attached hydrogen (secondary N) is 1. The summed E-state index contributed by atoms with van der Waals surface area (Å²) in [5.74, 6) is -0.227. The van der Waals surface area contributed by atoms with E-state index in [2.05, 4.69) is 12.2 Å². The highest BCUT2D eigenvalue weighted by atomic mass is 32.2. The van der Waals surface area contributed by atoms with E-state index >= 15 is 0 Å². The van der Waals surface area contributed by atoms with Gasteiger partial charge in [0.05, 0.1) is 33.7 Å². The monoisotopic (exact) mass is 498 g/mol. The molecule has 1 aliphatic rings. The summed E-state index contributed by atoms with van der Waals surface area (Å²) in [6.07, 6.45) is 1.10. The largest absolute Gasteiger partial charge is 0.324 e. The standard InChI is InChI=1S/C28H26N4O3S/c1-3-19-12-14-20(15-13-19)32-27(35)21-8-4-5-9-22(21)30-28(32)36-17-26(34)31-18(2)16-25(33)29-23-10-6-7-11-24(23)31/h4-15,18H,3,16-17H2,1-2H3,(H,29,33). The molecule has 0 spiro atoms. The minimum absolute atomic E-state index is 0.0602. The first kappa shape index (κ1) is 23.8. The molecule has 2 amide bonds. The number of rotatable bonds is 5. The molecule has 36 heavy (non-hydrogen) atoms. The molecule has 0 aliphatic carbocycles. The molecule has 8 heteroatoms. The third-order valence-corrected chi connectivity index (χ3v) is 7.22. The van der Waals surface area contributed by atoms with E-state index in [-0.39, 0.29) is 35.6 Å². The number of aryl methyl sites for hydroxylation is 1. The molecule has 0 radical (unpaired) electrons. The average molecular weight is 499 g/mol. The summed E-state index contributed by atoms with van der Waals surface area (Å²) in [7, 11) is 0. The van der Waals surface area contributed by atoms with E-state index in [9.17, 15) is 14.4 Å². The van der Waals surface area contributed by atoms with Crippen LogP contribution in [0.25, 0.3) is 16.6 Å². The Morgan fingerprint density at radius 3 is 2.53 bits per heavy atom. The number of hydrogen-bond donors (Lipinski definition) is 1. The van der Waals surface area contributed by atoms with Crippen molar-refractivity contribution in [3.8, 4) is 5.69 Å². The molecule has 3 aromatic carbocycles. The lowest BCUT2D eigenvalue weighted by atomic mass is 10.1. The molecule has 2 heterocycles. The lowest BCUT2D eigenvalue weighted by Gasteiger charge is -2.27. The Bertz CT molecular complexity index is 1510. The summed E-state index contributed by atoms with van der Waals surface area (Å²) in [5, 5.41) is 3.85. The number of carbonyl (C=O) groups excluding carboxylic acids is 2. The smallest absolute Gasteiger partial charge is 0.266 e. The van der Waals surface area contributed by atoms with Crippen molar-refractivity contribution in [2.24, 2.45) is 0 Å². The first-order valence-electron chi connectivity index (χ1n) is 11.9. The van der Waals surface area contributed by atoms with Gasteiger partial charge < -0.3 is 10.2 Å². The number of hydrogen-bond acceptors (Lipinski definition) is 5. The van der Waals surface area contributed by atoms with Crippen LogP contribution in [0.2, 0.25) is 0 Å². The minimum atomic E-state index is -0.310. The van der Waals surface area contributed by atoms with Gasteiger partial charge in [0.2, 0.25) is 11.8 Å². The first-order chi connectivity index (χ1) is 17.5. The molecule has 1 N–H and O–H groups in total. The van der Waals surface area contributed by atoms with Crippen molar-refractivity contribution >= 4 is 45.9 Å². The molecule has 182 valence electrons. The van der Waals surface area contributed by atoms with Gasteiger partial charge in [0, 0.05) is 12.5 Å². The minimum Gasteiger partial charge on any atom is -0.324 e. The molecule has 0 saturated heterocycles. The zero-order valence-corrected chi connectivity index (χ0v) is 20.9. The molecule has 0 saturated carbocycles. The number of amides is 2. The average Bonchev–Trinajstić information content (AvgIpc) is 3.01. The molecule has 5 rings (SSSR count). The fraction of sp³-hybridized carbons (Fsp3) is 0.214. The maximum atomic E-state index is 13.5. The lowest BCUT2D eigenvalue weighted by Crippen LogP contribution is -2.40. The van der Waals surface area contributed by atoms with Gasteiger partial charge in [0.15, 0.2) is 5.16 Å². The Kier molecular flexibility index (Phi) is 6.61. The number of aromatic nitrogens is 2. The molecule has 1 aromatic heterocycles. The molecule has 7 nitrogen and oxygen atoms in total. The molecule has 0 fully saturated rings. The summed E-state index contributed by atoms with van der Waals surface area (Å²) in [5.41, 5.74) is 3.56. The van der Waals surface area contributed by atoms with Crippen molar-refractivity contribution in [3.63, 3.8) is 0 Å². The van der Waals surface area contributed by atoms with Crippen LogP contribution in [0.4, 0.5) is 11.4 Å². The summed E-state index contributed by atoms with van der Waals surface area (Å²) >= 11 is 1.22. The number of carbonyl (C=O) groups is 2. The number of thioether (sulfide) groups is 1. The highest BCUT2D eigenvalue weighted by Crippen LogP contribution is 2.32. The van der Waals surface area contributed by atoms with Crippen molar-refractivity contribution in [1.82, 2.24) is 9.55 Å². The molecule has 1 aliphatic heterocycles. The van der Waals surface area contributed by atoms with E-state index in [0.29, 0.717) is 33.1 Å². The van der Waals surface area contributed by atoms with Crippen LogP contribution >= 0.6 is 11.8 Å². The van der Waals surface area contributed by atoms with Gasteiger partial charge in [-0.3, -0.25) is 19.0 Å². The van der Waals surface area contributed by atoms with Crippen LogP contribution < -0.4 is 15.8 Å². The zero-order chi connectivity index (χ0) is 25.2. The SMILES string of the molecule is CCc1ccc(-n2c(SCC(=O)N3c4ccccc4NC(=O)CC3C)nc3ccccc3c2=O)cc1. The Morgan fingerprint density at radius 2 is 1.75 bits per heavy atom. The van der Waals surface area contributed by atoms with Crippen LogP contribution in [-0.2, 0) is 16.0 Å². The first-order valence-corrected chi connectivity index (χ1v) is 12.9. The molecule has 1 atom stereocenters. The van der Waals surface area contributed by atoms with Gasteiger partial charge in [0.1, 0.15) is 0 Å². The predicted molar refractivity (Wildman–Crippen MR) is 144 cm³/mol. The Hall–Kier alpha value is -3.91. The van der Waals surface area contributed by atoms with Crippen LogP contribution in [0.3, 0.4) is 0 Å². The third-order valence-electron chi connectivity index (χ3n) is 6.30. The van der Waals surface area contributed by atoms with Crippen molar-refractivity contribution in [2.45, 2.75) is 37.9 Å². The van der Waals surface area contributed by atoms with Gasteiger partial charge in [-0.15, -0.1) is 0 Å². The van der Waals surface area contributed by atoms with E-state index in [1.807, 2.05) is 61.5 Å². The van der Waals surface area contributed by atoms with Gasteiger partial charge in [-0.25, -0.2) is 4.98 Å². The molecule has 4 aromatic rings.